The van der Waals surface area contributed by atoms with Crippen molar-refractivity contribution in [1.82, 2.24) is 9.88 Å². The minimum Gasteiger partial charge on any atom is -0.508 e. The van der Waals surface area contributed by atoms with Crippen molar-refractivity contribution in [3.8, 4) is 17.2 Å². The van der Waals surface area contributed by atoms with E-state index in [9.17, 15) is 9.90 Å². The molecule has 0 saturated carbocycles. The number of nitrogens with zero attached hydrogens (tertiary/aromatic N) is 2. The average Bonchev–Trinajstić information content (AvgIpc) is 3.45. The summed E-state index contributed by atoms with van der Waals surface area (Å²) < 4.78 is 16.9. The summed E-state index contributed by atoms with van der Waals surface area (Å²) in [5.74, 6) is 1.49. The Balaban J connectivity index is 1.47. The van der Waals surface area contributed by atoms with Crippen molar-refractivity contribution < 1.29 is 23.8 Å². The van der Waals surface area contributed by atoms with E-state index in [2.05, 4.69) is 4.98 Å². The van der Waals surface area contributed by atoms with E-state index in [-0.39, 0.29) is 17.7 Å². The molecule has 3 aromatic carbocycles. The van der Waals surface area contributed by atoms with Crippen LogP contribution in [0.5, 0.6) is 17.2 Å². The first-order valence-corrected chi connectivity index (χ1v) is 13.3. The number of phenolic OH excluding ortho intramolecular Hbond substituents is 1. The van der Waals surface area contributed by atoms with Crippen molar-refractivity contribution in [1.29, 1.82) is 0 Å². The fourth-order valence-corrected chi connectivity index (χ4v) is 5.43. The molecule has 1 unspecified atom stereocenters. The van der Waals surface area contributed by atoms with Gasteiger partial charge in [-0.3, -0.25) is 4.79 Å². The number of ether oxygens (including phenoxy) is 2. The lowest BCUT2D eigenvalue weighted by Gasteiger charge is -2.38. The predicted molar refractivity (Wildman–Crippen MR) is 149 cm³/mol. The van der Waals surface area contributed by atoms with Gasteiger partial charge in [0, 0.05) is 30.8 Å². The third-order valence-corrected chi connectivity index (χ3v) is 7.39. The molecule has 0 aliphatic carbocycles. The van der Waals surface area contributed by atoms with Gasteiger partial charge < -0.3 is 23.9 Å². The number of fused-ring (bicyclic) bond motifs is 1. The van der Waals surface area contributed by atoms with Crippen LogP contribution in [0.15, 0.2) is 71.7 Å². The molecule has 7 nitrogen and oxygen atoms in total. The molecule has 1 aromatic heterocycles. The SMILES string of the molecule is COc1cc2c(cc1OCCc1cccc(O)c1)C(c1ccc(C)cc1Cl)N(C(=O)CCc1cocn1)CC2. The molecule has 1 N–H and O–H groups in total. The quantitative estimate of drug-likeness (QED) is 0.274. The van der Waals surface area contributed by atoms with E-state index in [1.807, 2.05) is 54.3 Å². The molecule has 1 amide bonds. The third kappa shape index (κ3) is 6.04. The summed E-state index contributed by atoms with van der Waals surface area (Å²) in [6, 6.07) is 16.7. The summed E-state index contributed by atoms with van der Waals surface area (Å²) in [5.41, 5.74) is 5.70. The Morgan fingerprint density at radius 2 is 2.00 bits per heavy atom. The van der Waals surface area contributed by atoms with E-state index in [0.29, 0.717) is 55.4 Å². The lowest BCUT2D eigenvalue weighted by Crippen LogP contribution is -2.41. The first-order valence-electron chi connectivity index (χ1n) is 13.0. The largest absolute Gasteiger partial charge is 0.508 e. The lowest BCUT2D eigenvalue weighted by atomic mass is 9.87. The zero-order valence-corrected chi connectivity index (χ0v) is 22.8. The second kappa shape index (κ2) is 11.8. The highest BCUT2D eigenvalue weighted by atomic mass is 35.5. The molecule has 1 aliphatic heterocycles. The number of amides is 1. The number of benzene rings is 3. The highest BCUT2D eigenvalue weighted by Crippen LogP contribution is 2.43. The summed E-state index contributed by atoms with van der Waals surface area (Å²) in [4.78, 5) is 19.6. The van der Waals surface area contributed by atoms with E-state index < -0.39 is 0 Å². The minimum atomic E-state index is -0.369. The molecule has 1 aliphatic rings. The number of carbonyl (C=O) groups excluding carboxylic acids is 1. The van der Waals surface area contributed by atoms with Gasteiger partial charge in [-0.2, -0.15) is 0 Å². The third-order valence-electron chi connectivity index (χ3n) is 7.06. The number of aryl methyl sites for hydroxylation is 2. The van der Waals surface area contributed by atoms with Crippen LogP contribution in [0.2, 0.25) is 5.02 Å². The van der Waals surface area contributed by atoms with Crippen LogP contribution in [0.4, 0.5) is 0 Å². The summed E-state index contributed by atoms with van der Waals surface area (Å²) in [6.07, 6.45) is 5.06. The topological polar surface area (TPSA) is 85.0 Å². The predicted octanol–water partition coefficient (Wildman–Crippen LogP) is 6.08. The van der Waals surface area contributed by atoms with Gasteiger partial charge in [0.25, 0.3) is 0 Å². The molecule has 39 heavy (non-hydrogen) atoms. The Morgan fingerprint density at radius 1 is 1.13 bits per heavy atom. The molecule has 0 saturated heterocycles. The summed E-state index contributed by atoms with van der Waals surface area (Å²) >= 11 is 6.78. The molecule has 2 heterocycles. The maximum Gasteiger partial charge on any atom is 0.223 e. The van der Waals surface area contributed by atoms with Crippen LogP contribution in [0.1, 0.15) is 46.0 Å². The number of rotatable bonds is 9. The maximum atomic E-state index is 13.6. The average molecular weight is 547 g/mol. The molecule has 0 spiro atoms. The van der Waals surface area contributed by atoms with Crippen molar-refractivity contribution >= 4 is 17.5 Å². The van der Waals surface area contributed by atoms with E-state index in [1.165, 1.54) is 6.39 Å². The Bertz CT molecular complexity index is 1450. The van der Waals surface area contributed by atoms with Crippen molar-refractivity contribution in [2.75, 3.05) is 20.3 Å². The number of hydrogen-bond donors (Lipinski definition) is 1. The highest BCUT2D eigenvalue weighted by molar-refractivity contribution is 6.31. The Kier molecular flexibility index (Phi) is 8.07. The van der Waals surface area contributed by atoms with Gasteiger partial charge >= 0.3 is 0 Å². The first-order chi connectivity index (χ1) is 18.9. The fraction of sp³-hybridized carbons (Fsp3) is 0.290. The summed E-state index contributed by atoms with van der Waals surface area (Å²) in [5, 5.41) is 10.4. The molecule has 0 radical (unpaired) electrons. The zero-order valence-electron chi connectivity index (χ0n) is 22.0. The molecule has 5 rings (SSSR count). The van der Waals surface area contributed by atoms with Gasteiger partial charge in [-0.25, -0.2) is 4.98 Å². The molecule has 8 heteroatoms. The molecular weight excluding hydrogens is 516 g/mol. The van der Waals surface area contributed by atoms with Crippen molar-refractivity contribution in [3.05, 3.63) is 106 Å². The zero-order chi connectivity index (χ0) is 27.4. The van der Waals surface area contributed by atoms with Gasteiger partial charge in [0.05, 0.1) is 25.5 Å². The summed E-state index contributed by atoms with van der Waals surface area (Å²) in [7, 11) is 1.63. The van der Waals surface area contributed by atoms with Gasteiger partial charge in [0.2, 0.25) is 5.91 Å². The van der Waals surface area contributed by atoms with Crippen molar-refractivity contribution in [2.24, 2.45) is 0 Å². The van der Waals surface area contributed by atoms with Crippen molar-refractivity contribution in [3.63, 3.8) is 0 Å². The Hall–Kier alpha value is -3.97. The molecular formula is C31H31ClN2O5. The number of methoxy groups -OCH3 is 1. The van der Waals surface area contributed by atoms with Crippen LogP contribution in [-0.4, -0.2) is 41.2 Å². The number of hydrogen-bond acceptors (Lipinski definition) is 6. The normalized spacial score (nSPS) is 14.6. The molecule has 0 bridgehead atoms. The number of carbonyl (C=O) groups is 1. The number of aromatic nitrogens is 1. The van der Waals surface area contributed by atoms with Crippen LogP contribution >= 0.6 is 11.6 Å². The monoisotopic (exact) mass is 546 g/mol. The smallest absolute Gasteiger partial charge is 0.223 e. The van der Waals surface area contributed by atoms with E-state index in [4.69, 9.17) is 25.5 Å². The van der Waals surface area contributed by atoms with E-state index >= 15 is 0 Å². The molecule has 4 aromatic rings. The van der Waals surface area contributed by atoms with Crippen molar-refractivity contribution in [2.45, 2.75) is 38.6 Å². The molecule has 1 atom stereocenters. The van der Waals surface area contributed by atoms with Crippen LogP contribution in [-0.2, 0) is 24.1 Å². The van der Waals surface area contributed by atoms with Crippen LogP contribution in [0.3, 0.4) is 0 Å². The second-order valence-electron chi connectivity index (χ2n) is 9.71. The number of oxazole rings is 1. The van der Waals surface area contributed by atoms with Crippen LogP contribution in [0, 0.1) is 6.92 Å². The number of phenols is 1. The fourth-order valence-electron chi connectivity index (χ4n) is 5.09. The van der Waals surface area contributed by atoms with Gasteiger partial charge in [0.15, 0.2) is 17.9 Å². The molecule has 0 fully saturated rings. The standard InChI is InChI=1S/C31H31ClN2O5/c1-20-6-8-25(27(32)14-20)31-26-17-29(39-13-11-21-4-3-5-24(35)15-21)28(37-2)16-22(26)10-12-34(31)30(36)9-7-23-18-38-19-33-23/h3-6,8,14-19,31,35H,7,9-13H2,1-2H3. The van der Waals surface area contributed by atoms with Crippen LogP contribution < -0.4 is 9.47 Å². The second-order valence-corrected chi connectivity index (χ2v) is 10.1. The maximum absolute atomic E-state index is 13.6. The van der Waals surface area contributed by atoms with Crippen LogP contribution in [0.25, 0.3) is 0 Å². The van der Waals surface area contributed by atoms with E-state index in [0.717, 1.165) is 33.5 Å². The van der Waals surface area contributed by atoms with Gasteiger partial charge in [0.1, 0.15) is 12.0 Å². The number of halogens is 1. The molecule has 202 valence electrons. The first kappa shape index (κ1) is 26.6. The van der Waals surface area contributed by atoms with E-state index in [1.54, 1.807) is 25.5 Å². The Morgan fingerprint density at radius 3 is 2.74 bits per heavy atom. The summed E-state index contributed by atoms with van der Waals surface area (Å²) in [6.45, 7) is 2.95. The minimum absolute atomic E-state index is 0.0208. The Labute approximate surface area is 233 Å². The highest BCUT2D eigenvalue weighted by Gasteiger charge is 2.34. The number of aromatic hydroxyl groups is 1. The van der Waals surface area contributed by atoms with Gasteiger partial charge in [-0.15, -0.1) is 0 Å². The van der Waals surface area contributed by atoms with Gasteiger partial charge in [-0.1, -0.05) is 35.9 Å². The van der Waals surface area contributed by atoms with Gasteiger partial charge in [-0.05, 0) is 71.5 Å². The lowest BCUT2D eigenvalue weighted by molar-refractivity contribution is -0.133.